The van der Waals surface area contributed by atoms with E-state index in [0.29, 0.717) is 65.4 Å². The first-order chi connectivity index (χ1) is 18.2. The van der Waals surface area contributed by atoms with Crippen molar-refractivity contribution in [3.63, 3.8) is 0 Å². The van der Waals surface area contributed by atoms with E-state index in [1.165, 1.54) is 6.92 Å². The summed E-state index contributed by atoms with van der Waals surface area (Å²) in [5.74, 6) is -1.98. The second kappa shape index (κ2) is 23.9. The number of unbranched alkanes of at least 4 members (excludes halogenated alkanes) is 1. The van der Waals surface area contributed by atoms with Crippen molar-refractivity contribution in [2.75, 3.05) is 72.5 Å². The Morgan fingerprint density at radius 1 is 0.789 bits per heavy atom. The third-order valence-electron chi connectivity index (χ3n) is 5.48. The normalized spacial score (nSPS) is 13.5. The molecule has 0 aliphatic heterocycles. The average Bonchev–Trinajstić information content (AvgIpc) is 2.87. The fourth-order valence-electron chi connectivity index (χ4n) is 3.33. The highest BCUT2D eigenvalue weighted by molar-refractivity contribution is 5.84. The van der Waals surface area contributed by atoms with Gasteiger partial charge in [0.15, 0.2) is 0 Å². The van der Waals surface area contributed by atoms with Crippen LogP contribution in [0.2, 0.25) is 0 Å². The number of aliphatic hydroxyl groups is 1. The largest absolute Gasteiger partial charge is 0.480 e. The number of carbonyl (C=O) groups excluding carboxylic acids is 3. The maximum absolute atomic E-state index is 12.4. The minimum Gasteiger partial charge on any atom is -0.480 e. The molecule has 0 spiro atoms. The Morgan fingerprint density at radius 3 is 1.92 bits per heavy atom. The van der Waals surface area contributed by atoms with E-state index < -0.39 is 18.1 Å². The Hall–Kier alpha value is -2.16. The molecular formula is C25H47N3O10. The Labute approximate surface area is 225 Å². The van der Waals surface area contributed by atoms with Crippen molar-refractivity contribution in [1.82, 2.24) is 16.0 Å². The Kier molecular flexibility index (Phi) is 22.6. The van der Waals surface area contributed by atoms with Crippen molar-refractivity contribution in [2.45, 2.75) is 58.6 Å². The number of aliphatic hydroxyl groups excluding tert-OH is 1. The van der Waals surface area contributed by atoms with Crippen LogP contribution in [0.25, 0.3) is 0 Å². The smallest absolute Gasteiger partial charge is 0.323 e. The van der Waals surface area contributed by atoms with Crippen molar-refractivity contribution >= 4 is 23.6 Å². The highest BCUT2D eigenvalue weighted by Crippen LogP contribution is 2.13. The zero-order chi connectivity index (χ0) is 28.6. The summed E-state index contributed by atoms with van der Waals surface area (Å²) in [5, 5.41) is 26.6. The first kappa shape index (κ1) is 35.8. The number of carboxylic acids is 1. The number of nitrogens with one attached hydrogen (secondary N) is 3. The number of Topliss-reactive ketones (excluding diaryl/α,β-unsaturated/α-hetero) is 1. The fraction of sp³-hybridized carbons (Fsp3) is 0.840. The van der Waals surface area contributed by atoms with Crippen molar-refractivity contribution in [3.8, 4) is 0 Å². The van der Waals surface area contributed by atoms with Gasteiger partial charge in [-0.1, -0.05) is 13.3 Å². The van der Waals surface area contributed by atoms with E-state index in [2.05, 4.69) is 16.0 Å². The number of aliphatic carboxylic acids is 1. The quantitative estimate of drug-likeness (QED) is 0.0877. The maximum atomic E-state index is 12.4. The highest BCUT2D eigenvalue weighted by Gasteiger charge is 2.24. The van der Waals surface area contributed by atoms with Gasteiger partial charge >= 0.3 is 5.97 Å². The molecule has 0 heterocycles. The Morgan fingerprint density at radius 2 is 1.37 bits per heavy atom. The van der Waals surface area contributed by atoms with Gasteiger partial charge in [-0.3, -0.25) is 24.5 Å². The molecule has 0 saturated heterocycles. The second-order valence-corrected chi connectivity index (χ2v) is 8.62. The highest BCUT2D eigenvalue weighted by atomic mass is 16.5. The molecule has 222 valence electrons. The molecule has 5 N–H and O–H groups in total. The minimum absolute atomic E-state index is 0.0279. The van der Waals surface area contributed by atoms with Gasteiger partial charge in [0.25, 0.3) is 0 Å². The summed E-state index contributed by atoms with van der Waals surface area (Å²) in [7, 11) is 0. The fourth-order valence-corrected chi connectivity index (χ4v) is 3.33. The lowest BCUT2D eigenvalue weighted by molar-refractivity contribution is -0.142. The third-order valence-corrected chi connectivity index (χ3v) is 5.48. The number of hydrogen-bond acceptors (Lipinski definition) is 10. The lowest BCUT2D eigenvalue weighted by Gasteiger charge is -2.19. The summed E-state index contributed by atoms with van der Waals surface area (Å²) in [4.78, 5) is 46.8. The first-order valence-electron chi connectivity index (χ1n) is 13.2. The van der Waals surface area contributed by atoms with Gasteiger partial charge in [0, 0.05) is 25.6 Å². The van der Waals surface area contributed by atoms with Gasteiger partial charge in [-0.25, -0.2) is 0 Å². The van der Waals surface area contributed by atoms with Crippen LogP contribution in [-0.4, -0.2) is 118 Å². The van der Waals surface area contributed by atoms with E-state index in [4.69, 9.17) is 24.1 Å². The third kappa shape index (κ3) is 19.9. The predicted octanol–water partition coefficient (Wildman–Crippen LogP) is -0.506. The number of hydrogen-bond donors (Lipinski definition) is 5. The molecular weight excluding hydrogens is 502 g/mol. The molecule has 0 fully saturated rings. The molecule has 13 heteroatoms. The first-order valence-corrected chi connectivity index (χ1v) is 13.2. The molecule has 0 radical (unpaired) electrons. The Bertz CT molecular complexity index is 663. The lowest BCUT2D eigenvalue weighted by atomic mass is 9.94. The molecule has 3 atom stereocenters. The molecule has 0 bridgehead atoms. The molecule has 0 aromatic heterocycles. The van der Waals surface area contributed by atoms with Crippen LogP contribution in [0.3, 0.4) is 0 Å². The maximum Gasteiger partial charge on any atom is 0.323 e. The van der Waals surface area contributed by atoms with Crippen LogP contribution in [0.15, 0.2) is 0 Å². The molecule has 0 aromatic rings. The van der Waals surface area contributed by atoms with Crippen LogP contribution in [0, 0.1) is 5.92 Å². The molecule has 0 saturated carbocycles. The molecule has 0 unspecified atom stereocenters. The van der Waals surface area contributed by atoms with Gasteiger partial charge < -0.3 is 39.8 Å². The van der Waals surface area contributed by atoms with E-state index >= 15 is 0 Å². The van der Waals surface area contributed by atoms with Gasteiger partial charge in [0.1, 0.15) is 25.0 Å². The number of amides is 2. The van der Waals surface area contributed by atoms with Gasteiger partial charge in [0.2, 0.25) is 11.8 Å². The van der Waals surface area contributed by atoms with Gasteiger partial charge in [-0.05, 0) is 33.1 Å². The van der Waals surface area contributed by atoms with Crippen LogP contribution < -0.4 is 16.0 Å². The number of rotatable bonds is 26. The number of carbonyl (C=O) groups is 4. The molecule has 0 aliphatic rings. The zero-order valence-corrected chi connectivity index (χ0v) is 23.0. The van der Waals surface area contributed by atoms with E-state index in [1.807, 2.05) is 13.8 Å². The summed E-state index contributed by atoms with van der Waals surface area (Å²) in [6.45, 7) is 8.00. The number of ether oxygens (including phenoxy) is 4. The van der Waals surface area contributed by atoms with Gasteiger partial charge in [0.05, 0.1) is 45.7 Å². The average molecular weight is 550 g/mol. The number of ketones is 1. The topological polar surface area (TPSA) is 182 Å². The summed E-state index contributed by atoms with van der Waals surface area (Å²) < 4.78 is 20.9. The molecule has 38 heavy (non-hydrogen) atoms. The zero-order valence-electron chi connectivity index (χ0n) is 23.0. The standard InChI is InChI=1S/C25H47N3O10/c1-4-20(21(30)16-28-24(19(3)29)25(33)34)8-6-7-9-26-22(31)17-38-15-13-36-11-10-27-23(32)18-37-14-12-35-5-2/h19-20,24,28-29H,4-18H2,1-3H3,(H,26,31)(H,27,32)(H,33,34)/t19-,20+,24+/m1/s1. The minimum atomic E-state index is -1.20. The van der Waals surface area contributed by atoms with Crippen LogP contribution >= 0.6 is 0 Å². The van der Waals surface area contributed by atoms with E-state index in [0.717, 1.165) is 6.42 Å². The summed E-state index contributed by atoms with van der Waals surface area (Å²) in [6, 6.07) is -1.19. The van der Waals surface area contributed by atoms with Crippen LogP contribution in [0.5, 0.6) is 0 Å². The SMILES string of the molecule is CCOCCOCC(=O)NCCOCCOCC(=O)NCCCC[C@H](CC)C(=O)CN[C@H](C(=O)O)[C@@H](C)O. The van der Waals surface area contributed by atoms with Crippen molar-refractivity contribution in [2.24, 2.45) is 5.92 Å². The molecule has 13 nitrogen and oxygen atoms in total. The van der Waals surface area contributed by atoms with Gasteiger partial charge in [-0.2, -0.15) is 0 Å². The molecule has 2 amide bonds. The van der Waals surface area contributed by atoms with Crippen molar-refractivity contribution in [3.05, 3.63) is 0 Å². The van der Waals surface area contributed by atoms with Crippen molar-refractivity contribution in [1.29, 1.82) is 0 Å². The summed E-state index contributed by atoms with van der Waals surface area (Å²) in [5.41, 5.74) is 0. The monoisotopic (exact) mass is 549 g/mol. The summed E-state index contributed by atoms with van der Waals surface area (Å²) in [6.07, 6.45) is 1.58. The lowest BCUT2D eigenvalue weighted by Crippen LogP contribution is -2.47. The van der Waals surface area contributed by atoms with Gasteiger partial charge in [-0.15, -0.1) is 0 Å². The molecule has 0 aliphatic carbocycles. The van der Waals surface area contributed by atoms with Crippen LogP contribution in [-0.2, 0) is 38.1 Å². The molecule has 0 aromatic carbocycles. The predicted molar refractivity (Wildman–Crippen MR) is 139 cm³/mol. The van der Waals surface area contributed by atoms with Crippen LogP contribution in [0.4, 0.5) is 0 Å². The Balaban J connectivity index is 3.71. The summed E-state index contributed by atoms with van der Waals surface area (Å²) >= 11 is 0. The van der Waals surface area contributed by atoms with Crippen LogP contribution in [0.1, 0.15) is 46.5 Å². The van der Waals surface area contributed by atoms with Crippen molar-refractivity contribution < 1.29 is 48.3 Å². The number of carboxylic acid groups (broad SMARTS) is 1. The molecule has 0 rings (SSSR count). The van der Waals surface area contributed by atoms with E-state index in [-0.39, 0.29) is 49.9 Å². The van der Waals surface area contributed by atoms with E-state index in [1.54, 1.807) is 0 Å². The van der Waals surface area contributed by atoms with E-state index in [9.17, 15) is 24.3 Å². The second-order valence-electron chi connectivity index (χ2n) is 8.62.